The molecule has 0 amide bonds. The van der Waals surface area contributed by atoms with Gasteiger partial charge in [-0.05, 0) is 19.1 Å². The number of allylic oxidation sites excluding steroid dienone is 1. The number of hydrogen-bond acceptors (Lipinski definition) is 5. The molecule has 1 atom stereocenters. The van der Waals surface area contributed by atoms with Crippen molar-refractivity contribution in [2.24, 2.45) is 5.73 Å². The van der Waals surface area contributed by atoms with Gasteiger partial charge in [-0.1, -0.05) is 6.07 Å². The molecule has 0 fully saturated rings. The van der Waals surface area contributed by atoms with Crippen molar-refractivity contribution in [1.29, 1.82) is 0 Å². The molecule has 1 aliphatic heterocycles. The third-order valence-corrected chi connectivity index (χ3v) is 3.04. The van der Waals surface area contributed by atoms with Gasteiger partial charge < -0.3 is 21.3 Å². The third-order valence-electron chi connectivity index (χ3n) is 3.04. The summed E-state index contributed by atoms with van der Waals surface area (Å²) in [7, 11) is 0. The number of rotatable bonds is 3. The standard InChI is InChI=1S/C13H13N3O4/c1-6-8(12(17)18)9(7-4-2-3-5-15-7)10(13(19)20)11(14)16-6/h2-5,9,16H,14H2,1H3,(H,17,18)(H,19,20). The highest BCUT2D eigenvalue weighted by molar-refractivity contribution is 5.98. The number of carbonyl (C=O) groups is 2. The summed E-state index contributed by atoms with van der Waals surface area (Å²) in [6, 6.07) is 4.90. The van der Waals surface area contributed by atoms with E-state index in [0.717, 1.165) is 0 Å². The van der Waals surface area contributed by atoms with Crippen molar-refractivity contribution in [3.8, 4) is 0 Å². The van der Waals surface area contributed by atoms with Crippen molar-refractivity contribution in [3.63, 3.8) is 0 Å². The van der Waals surface area contributed by atoms with Gasteiger partial charge in [-0.25, -0.2) is 9.59 Å². The van der Waals surface area contributed by atoms with Gasteiger partial charge in [-0.3, -0.25) is 4.98 Å². The quantitative estimate of drug-likeness (QED) is 0.628. The number of dihydropyridines is 1. The van der Waals surface area contributed by atoms with Gasteiger partial charge in [0.2, 0.25) is 0 Å². The van der Waals surface area contributed by atoms with Crippen LogP contribution in [0.1, 0.15) is 18.5 Å². The lowest BCUT2D eigenvalue weighted by Crippen LogP contribution is -2.35. The first-order valence-electron chi connectivity index (χ1n) is 5.78. The highest BCUT2D eigenvalue weighted by Crippen LogP contribution is 2.36. The summed E-state index contributed by atoms with van der Waals surface area (Å²) in [6.45, 7) is 1.53. The fourth-order valence-electron chi connectivity index (χ4n) is 2.22. The number of aromatic nitrogens is 1. The van der Waals surface area contributed by atoms with Crippen LogP contribution >= 0.6 is 0 Å². The van der Waals surface area contributed by atoms with Crippen LogP contribution in [-0.2, 0) is 9.59 Å². The number of hydrogen-bond donors (Lipinski definition) is 4. The zero-order chi connectivity index (χ0) is 14.9. The highest BCUT2D eigenvalue weighted by Gasteiger charge is 2.37. The average molecular weight is 275 g/mol. The Bertz CT molecular complexity index is 598. The first-order valence-corrected chi connectivity index (χ1v) is 5.78. The van der Waals surface area contributed by atoms with Crippen molar-refractivity contribution in [2.45, 2.75) is 12.8 Å². The van der Waals surface area contributed by atoms with Crippen LogP contribution < -0.4 is 11.1 Å². The van der Waals surface area contributed by atoms with Crippen molar-refractivity contribution in [2.75, 3.05) is 0 Å². The van der Waals surface area contributed by atoms with Crippen molar-refractivity contribution in [3.05, 3.63) is 52.8 Å². The number of aliphatic carboxylic acids is 2. The highest BCUT2D eigenvalue weighted by atomic mass is 16.4. The minimum absolute atomic E-state index is 0.0735. The SMILES string of the molecule is CC1=C(C(=O)O)C(c2ccccn2)C(C(=O)O)=C(N)N1. The first-order chi connectivity index (χ1) is 9.43. The molecule has 20 heavy (non-hydrogen) atoms. The molecule has 1 aromatic rings. The number of carboxylic acid groups (broad SMARTS) is 2. The topological polar surface area (TPSA) is 126 Å². The van der Waals surface area contributed by atoms with E-state index in [1.807, 2.05) is 0 Å². The molecule has 7 nitrogen and oxygen atoms in total. The molecule has 1 aliphatic rings. The summed E-state index contributed by atoms with van der Waals surface area (Å²) in [5.74, 6) is -3.57. The smallest absolute Gasteiger partial charge is 0.336 e. The maximum Gasteiger partial charge on any atom is 0.336 e. The Morgan fingerprint density at radius 1 is 1.25 bits per heavy atom. The summed E-state index contributed by atoms with van der Waals surface area (Å²) in [4.78, 5) is 26.9. The van der Waals surface area contributed by atoms with Gasteiger partial charge in [0.15, 0.2) is 0 Å². The van der Waals surface area contributed by atoms with Gasteiger partial charge in [-0.15, -0.1) is 0 Å². The molecule has 5 N–H and O–H groups in total. The van der Waals surface area contributed by atoms with E-state index in [2.05, 4.69) is 10.3 Å². The summed E-state index contributed by atoms with van der Waals surface area (Å²) in [5, 5.41) is 21.2. The maximum atomic E-state index is 11.4. The fourth-order valence-corrected chi connectivity index (χ4v) is 2.22. The van der Waals surface area contributed by atoms with Gasteiger partial charge in [-0.2, -0.15) is 0 Å². The van der Waals surface area contributed by atoms with E-state index in [-0.39, 0.29) is 17.0 Å². The number of nitrogens with one attached hydrogen (secondary N) is 1. The van der Waals surface area contributed by atoms with Crippen molar-refractivity contribution < 1.29 is 19.8 Å². The summed E-state index contributed by atoms with van der Waals surface area (Å²) < 4.78 is 0. The molecular formula is C13H13N3O4. The molecule has 2 rings (SSSR count). The predicted octanol–water partition coefficient (Wildman–Crippen LogP) is 0.382. The Kier molecular flexibility index (Phi) is 3.43. The maximum absolute atomic E-state index is 11.4. The number of pyridine rings is 1. The molecule has 0 aromatic carbocycles. The zero-order valence-corrected chi connectivity index (χ0v) is 10.6. The van der Waals surface area contributed by atoms with Crippen LogP contribution in [0.5, 0.6) is 0 Å². The van der Waals surface area contributed by atoms with E-state index < -0.39 is 17.9 Å². The normalized spacial score (nSPS) is 18.8. The number of nitrogens with zero attached hydrogens (tertiary/aromatic N) is 1. The van der Waals surface area contributed by atoms with Gasteiger partial charge in [0.05, 0.1) is 22.8 Å². The van der Waals surface area contributed by atoms with Crippen LogP contribution in [0.2, 0.25) is 0 Å². The lowest BCUT2D eigenvalue weighted by Gasteiger charge is -2.27. The zero-order valence-electron chi connectivity index (χ0n) is 10.6. The molecular weight excluding hydrogens is 262 g/mol. The van der Waals surface area contributed by atoms with Crippen LogP contribution in [0.4, 0.5) is 0 Å². The summed E-state index contributed by atoms with van der Waals surface area (Å²) in [6.07, 6.45) is 1.47. The van der Waals surface area contributed by atoms with E-state index in [4.69, 9.17) is 5.73 Å². The van der Waals surface area contributed by atoms with Crippen LogP contribution in [0, 0.1) is 0 Å². The van der Waals surface area contributed by atoms with E-state index in [1.54, 1.807) is 18.2 Å². The van der Waals surface area contributed by atoms with Gasteiger partial charge >= 0.3 is 11.9 Å². The van der Waals surface area contributed by atoms with Crippen LogP contribution in [0.3, 0.4) is 0 Å². The molecule has 0 spiro atoms. The molecule has 1 unspecified atom stereocenters. The second-order valence-corrected chi connectivity index (χ2v) is 4.29. The Balaban J connectivity index is 2.67. The minimum atomic E-state index is -1.28. The van der Waals surface area contributed by atoms with Gasteiger partial charge in [0.25, 0.3) is 0 Å². The molecule has 1 aromatic heterocycles. The van der Waals surface area contributed by atoms with E-state index in [9.17, 15) is 19.8 Å². The third kappa shape index (κ3) is 2.20. The van der Waals surface area contributed by atoms with E-state index >= 15 is 0 Å². The summed E-state index contributed by atoms with van der Waals surface area (Å²) >= 11 is 0. The lowest BCUT2D eigenvalue weighted by atomic mass is 9.84. The molecule has 104 valence electrons. The second-order valence-electron chi connectivity index (χ2n) is 4.29. The van der Waals surface area contributed by atoms with Gasteiger partial charge in [0, 0.05) is 11.9 Å². The molecule has 7 heteroatoms. The number of nitrogens with two attached hydrogens (primary N) is 1. The molecule has 0 aliphatic carbocycles. The first kappa shape index (κ1) is 13.6. The van der Waals surface area contributed by atoms with E-state index in [1.165, 1.54) is 13.1 Å². The molecule has 2 heterocycles. The number of carboxylic acids is 2. The Morgan fingerprint density at radius 3 is 2.40 bits per heavy atom. The van der Waals surface area contributed by atoms with Crippen molar-refractivity contribution in [1.82, 2.24) is 10.3 Å². The molecule has 0 bridgehead atoms. The minimum Gasteiger partial charge on any atom is -0.478 e. The molecule has 0 radical (unpaired) electrons. The van der Waals surface area contributed by atoms with E-state index in [0.29, 0.717) is 11.4 Å². The largest absolute Gasteiger partial charge is 0.478 e. The van der Waals surface area contributed by atoms with Crippen LogP contribution in [0.25, 0.3) is 0 Å². The van der Waals surface area contributed by atoms with Gasteiger partial charge in [0.1, 0.15) is 5.82 Å². The van der Waals surface area contributed by atoms with Crippen LogP contribution in [0.15, 0.2) is 47.1 Å². The average Bonchev–Trinajstić information content (AvgIpc) is 2.37. The predicted molar refractivity (Wildman–Crippen MR) is 69.3 cm³/mol. The monoisotopic (exact) mass is 275 g/mol. The lowest BCUT2D eigenvalue weighted by molar-refractivity contribution is -0.133. The Morgan fingerprint density at radius 2 is 1.90 bits per heavy atom. The molecule has 0 saturated carbocycles. The van der Waals surface area contributed by atoms with Crippen LogP contribution in [-0.4, -0.2) is 27.1 Å². The Hall–Kier alpha value is -2.83. The second kappa shape index (κ2) is 5.04. The fraction of sp³-hybridized carbons (Fsp3) is 0.154. The Labute approximate surface area is 114 Å². The van der Waals surface area contributed by atoms with Crippen molar-refractivity contribution >= 4 is 11.9 Å². The molecule has 0 saturated heterocycles. The summed E-state index contributed by atoms with van der Waals surface area (Å²) in [5.41, 5.74) is 6.03.